The minimum Gasteiger partial charge on any atom is -0.383 e. The minimum absolute atomic E-state index is 0.0766. The van der Waals surface area contributed by atoms with E-state index in [0.29, 0.717) is 30.0 Å². The lowest BCUT2D eigenvalue weighted by Gasteiger charge is -2.11. The van der Waals surface area contributed by atoms with Crippen molar-refractivity contribution in [2.45, 2.75) is 18.4 Å². The fourth-order valence-electron chi connectivity index (χ4n) is 3.23. The molecule has 0 atom stereocenters. The Labute approximate surface area is 174 Å². The number of hydrogen-bond acceptors (Lipinski definition) is 6. The maximum atomic E-state index is 13.0. The summed E-state index contributed by atoms with van der Waals surface area (Å²) in [5, 5.41) is 9.37. The first-order chi connectivity index (χ1) is 14.4. The molecule has 0 aliphatic heterocycles. The van der Waals surface area contributed by atoms with Crippen LogP contribution in [0.4, 0.5) is 5.69 Å². The van der Waals surface area contributed by atoms with E-state index < -0.39 is 10.0 Å². The smallest absolute Gasteiger partial charge is 0.263 e. The van der Waals surface area contributed by atoms with Crippen LogP contribution in [0.1, 0.15) is 5.69 Å². The second kappa shape index (κ2) is 7.88. The summed E-state index contributed by atoms with van der Waals surface area (Å²) in [5.41, 5.74) is 3.63. The number of methoxy groups -OCH3 is 1. The van der Waals surface area contributed by atoms with Gasteiger partial charge in [-0.15, -0.1) is 0 Å². The summed E-state index contributed by atoms with van der Waals surface area (Å²) < 4.78 is 37.2. The van der Waals surface area contributed by atoms with Gasteiger partial charge in [0.2, 0.25) is 0 Å². The van der Waals surface area contributed by atoms with E-state index in [2.05, 4.69) is 19.9 Å². The monoisotopic (exact) mass is 426 g/mol. The second-order valence-corrected chi connectivity index (χ2v) is 8.54. The van der Waals surface area contributed by atoms with Gasteiger partial charge in [-0.2, -0.15) is 10.2 Å². The van der Waals surface area contributed by atoms with Crippen molar-refractivity contribution in [2.75, 3.05) is 18.4 Å². The predicted octanol–water partition coefficient (Wildman–Crippen LogP) is 2.59. The van der Waals surface area contributed by atoms with Crippen molar-refractivity contribution in [3.05, 3.63) is 54.6 Å². The number of hydrogen-bond donors (Lipinski definition) is 1. The Kier molecular flexibility index (Phi) is 5.27. The van der Waals surface area contributed by atoms with Gasteiger partial charge < -0.3 is 4.74 Å². The summed E-state index contributed by atoms with van der Waals surface area (Å²) in [4.78, 5) is 4.41. The Hall–Kier alpha value is -3.24. The second-order valence-electron chi connectivity index (χ2n) is 6.86. The van der Waals surface area contributed by atoms with Crippen LogP contribution in [0.3, 0.4) is 0 Å². The molecule has 0 aliphatic carbocycles. The van der Waals surface area contributed by atoms with Crippen molar-refractivity contribution in [2.24, 2.45) is 7.05 Å². The zero-order chi connectivity index (χ0) is 21.3. The van der Waals surface area contributed by atoms with Gasteiger partial charge in [-0.3, -0.25) is 19.1 Å². The van der Waals surface area contributed by atoms with Gasteiger partial charge in [0.1, 0.15) is 4.90 Å². The maximum Gasteiger partial charge on any atom is 0.263 e. The number of aromatic nitrogens is 5. The number of rotatable bonds is 7. The first kappa shape index (κ1) is 20.0. The van der Waals surface area contributed by atoms with Gasteiger partial charge in [0.15, 0.2) is 0 Å². The maximum absolute atomic E-state index is 13.0. The van der Waals surface area contributed by atoms with Crippen LogP contribution in [0.2, 0.25) is 0 Å². The normalized spacial score (nSPS) is 11.8. The number of fused-ring (bicyclic) bond motifs is 1. The van der Waals surface area contributed by atoms with E-state index in [1.165, 1.54) is 6.20 Å². The predicted molar refractivity (Wildman–Crippen MR) is 114 cm³/mol. The zero-order valence-corrected chi connectivity index (χ0v) is 17.7. The number of benzene rings is 1. The lowest BCUT2D eigenvalue weighted by molar-refractivity contribution is 0.185. The summed E-state index contributed by atoms with van der Waals surface area (Å²) >= 11 is 0. The third kappa shape index (κ3) is 3.66. The summed E-state index contributed by atoms with van der Waals surface area (Å²) in [7, 11) is -0.373. The molecular weight excluding hydrogens is 404 g/mol. The van der Waals surface area contributed by atoms with E-state index in [0.717, 1.165) is 16.6 Å². The van der Waals surface area contributed by atoms with E-state index in [4.69, 9.17) is 4.74 Å². The number of aryl methyl sites for hydroxylation is 1. The van der Waals surface area contributed by atoms with Crippen molar-refractivity contribution in [3.8, 4) is 11.3 Å². The van der Waals surface area contributed by atoms with Crippen molar-refractivity contribution in [1.29, 1.82) is 0 Å². The number of sulfonamides is 1. The van der Waals surface area contributed by atoms with Crippen LogP contribution in [0.15, 0.2) is 53.8 Å². The van der Waals surface area contributed by atoms with Crippen molar-refractivity contribution in [1.82, 2.24) is 24.5 Å². The van der Waals surface area contributed by atoms with Gasteiger partial charge in [-0.25, -0.2) is 8.42 Å². The average Bonchev–Trinajstić information content (AvgIpc) is 3.30. The summed E-state index contributed by atoms with van der Waals surface area (Å²) in [5.74, 6) is 0. The SMILES string of the molecule is COCCn1ncc2cccc(NS(=O)(=O)c3ccc(-c4cnn(C)c4C)nc3)c21. The quantitative estimate of drug-likeness (QED) is 0.487. The molecule has 1 N–H and O–H groups in total. The molecule has 0 amide bonds. The van der Waals surface area contributed by atoms with Gasteiger partial charge in [-0.1, -0.05) is 12.1 Å². The van der Waals surface area contributed by atoms with Crippen LogP contribution in [-0.2, 0) is 28.4 Å². The summed E-state index contributed by atoms with van der Waals surface area (Å²) in [6.07, 6.45) is 4.77. The highest BCUT2D eigenvalue weighted by Gasteiger charge is 2.19. The molecule has 0 spiro atoms. The van der Waals surface area contributed by atoms with Crippen LogP contribution in [0.25, 0.3) is 22.2 Å². The van der Waals surface area contributed by atoms with Gasteiger partial charge in [0.05, 0.1) is 42.4 Å². The van der Waals surface area contributed by atoms with Gasteiger partial charge in [-0.05, 0) is 25.1 Å². The van der Waals surface area contributed by atoms with Crippen LogP contribution in [0, 0.1) is 6.92 Å². The van der Waals surface area contributed by atoms with Crippen LogP contribution in [0.5, 0.6) is 0 Å². The molecule has 0 bridgehead atoms. The molecule has 0 radical (unpaired) electrons. The number of nitrogens with one attached hydrogen (secondary N) is 1. The van der Waals surface area contributed by atoms with Crippen LogP contribution in [-0.4, -0.2) is 46.7 Å². The van der Waals surface area contributed by atoms with E-state index in [-0.39, 0.29) is 4.90 Å². The van der Waals surface area contributed by atoms with Crippen molar-refractivity contribution >= 4 is 26.6 Å². The zero-order valence-electron chi connectivity index (χ0n) is 16.9. The fraction of sp³-hybridized carbons (Fsp3) is 0.250. The molecule has 1 aromatic carbocycles. The third-order valence-electron chi connectivity index (χ3n) is 4.97. The molecule has 3 heterocycles. The molecule has 9 nitrogen and oxygen atoms in total. The van der Waals surface area contributed by atoms with Crippen LogP contribution < -0.4 is 4.72 Å². The van der Waals surface area contributed by atoms with E-state index in [9.17, 15) is 8.42 Å². The third-order valence-corrected chi connectivity index (χ3v) is 6.32. The Morgan fingerprint density at radius 2 is 1.93 bits per heavy atom. The Morgan fingerprint density at radius 1 is 1.10 bits per heavy atom. The minimum atomic E-state index is -3.83. The summed E-state index contributed by atoms with van der Waals surface area (Å²) in [6.45, 7) is 2.92. The molecule has 0 fully saturated rings. The molecule has 0 saturated carbocycles. The van der Waals surface area contributed by atoms with Gasteiger partial charge in [0, 0.05) is 37.0 Å². The van der Waals surface area contributed by atoms with E-state index in [1.807, 2.05) is 20.0 Å². The molecule has 4 aromatic rings. The number of anilines is 1. The fourth-order valence-corrected chi connectivity index (χ4v) is 4.24. The molecule has 3 aromatic heterocycles. The lowest BCUT2D eigenvalue weighted by Crippen LogP contribution is -2.15. The first-order valence-electron chi connectivity index (χ1n) is 9.32. The number of para-hydroxylation sites is 1. The Bertz CT molecular complexity index is 1290. The molecule has 4 rings (SSSR count). The highest BCUT2D eigenvalue weighted by molar-refractivity contribution is 7.92. The molecule has 0 saturated heterocycles. The molecule has 0 aliphatic rings. The first-order valence-corrected chi connectivity index (χ1v) is 10.8. The summed E-state index contributed by atoms with van der Waals surface area (Å²) in [6, 6.07) is 8.61. The van der Waals surface area contributed by atoms with E-state index in [1.54, 1.807) is 53.1 Å². The molecule has 30 heavy (non-hydrogen) atoms. The largest absolute Gasteiger partial charge is 0.383 e. The standard InChI is InChI=1S/C20H22N6O3S/c1-14-17(13-22-25(14)2)18-8-7-16(12-21-18)30(27,28)24-19-6-4-5-15-11-23-26(20(15)19)9-10-29-3/h4-8,11-13,24H,9-10H2,1-3H3. The number of ether oxygens (including phenoxy) is 1. The van der Waals surface area contributed by atoms with Crippen molar-refractivity contribution < 1.29 is 13.2 Å². The van der Waals surface area contributed by atoms with Gasteiger partial charge in [0.25, 0.3) is 10.0 Å². The number of pyridine rings is 1. The molecule has 10 heteroatoms. The van der Waals surface area contributed by atoms with Crippen LogP contribution >= 0.6 is 0 Å². The Morgan fingerprint density at radius 3 is 2.60 bits per heavy atom. The molecule has 0 unspecified atom stereocenters. The molecular formula is C20H22N6O3S. The Balaban J connectivity index is 1.65. The van der Waals surface area contributed by atoms with Gasteiger partial charge >= 0.3 is 0 Å². The highest BCUT2D eigenvalue weighted by atomic mass is 32.2. The highest BCUT2D eigenvalue weighted by Crippen LogP contribution is 2.27. The topological polar surface area (TPSA) is 104 Å². The molecule has 156 valence electrons. The number of nitrogens with zero attached hydrogens (tertiary/aromatic N) is 5. The average molecular weight is 427 g/mol. The van der Waals surface area contributed by atoms with Crippen molar-refractivity contribution in [3.63, 3.8) is 0 Å². The lowest BCUT2D eigenvalue weighted by atomic mass is 10.2. The van der Waals surface area contributed by atoms with E-state index >= 15 is 0 Å².